The van der Waals surface area contributed by atoms with E-state index in [1.54, 1.807) is 18.2 Å². The van der Waals surface area contributed by atoms with Crippen LogP contribution in [0.4, 0.5) is 0 Å². The van der Waals surface area contributed by atoms with E-state index in [2.05, 4.69) is 4.72 Å². The van der Waals surface area contributed by atoms with Crippen LogP contribution in [0.15, 0.2) is 24.3 Å². The summed E-state index contributed by atoms with van der Waals surface area (Å²) < 4.78 is 47.0. The Kier molecular flexibility index (Phi) is 4.85. The molecule has 0 radical (unpaired) electrons. The van der Waals surface area contributed by atoms with Gasteiger partial charge in [0.05, 0.1) is 0 Å². The molecule has 0 aromatic heterocycles. The minimum atomic E-state index is -3.83. The number of sulfone groups is 1. The van der Waals surface area contributed by atoms with Crippen LogP contribution in [-0.2, 0) is 33.0 Å². The van der Waals surface area contributed by atoms with Crippen molar-refractivity contribution in [3.63, 3.8) is 0 Å². The van der Waals surface area contributed by atoms with E-state index in [1.807, 2.05) is 6.07 Å². The predicted molar refractivity (Wildman–Crippen MR) is 69.8 cm³/mol. The molecule has 1 aromatic rings. The summed E-state index contributed by atoms with van der Waals surface area (Å²) in [6.07, 6.45) is 0.876. The maximum absolute atomic E-state index is 11.5. The number of hydrogen-bond donors (Lipinski definition) is 2. The number of sulfonamides is 1. The van der Waals surface area contributed by atoms with Crippen molar-refractivity contribution in [3.05, 3.63) is 35.4 Å². The summed E-state index contributed by atoms with van der Waals surface area (Å²) in [6, 6.07) is 7.10. The largest absolute Gasteiger partial charge is 0.326 e. The third-order valence-corrected chi connectivity index (χ3v) is 5.63. The smallest absolute Gasteiger partial charge is 0.226 e. The average Bonchev–Trinajstić information content (AvgIpc) is 2.24. The predicted octanol–water partition coefficient (Wildman–Crippen LogP) is -0.433. The van der Waals surface area contributed by atoms with Crippen molar-refractivity contribution < 1.29 is 16.8 Å². The molecule has 8 heteroatoms. The highest BCUT2D eigenvalue weighted by Crippen LogP contribution is 2.05. The van der Waals surface area contributed by atoms with Gasteiger partial charge in [0.25, 0.3) is 0 Å². The van der Waals surface area contributed by atoms with Crippen molar-refractivity contribution in [1.29, 1.82) is 0 Å². The fourth-order valence-electron chi connectivity index (χ4n) is 1.38. The fraction of sp³-hybridized carbons (Fsp3) is 0.400. The number of rotatable bonds is 6. The lowest BCUT2D eigenvalue weighted by Gasteiger charge is -2.06. The quantitative estimate of drug-likeness (QED) is 0.739. The highest BCUT2D eigenvalue weighted by atomic mass is 32.3. The van der Waals surface area contributed by atoms with Crippen LogP contribution in [0.3, 0.4) is 0 Å². The summed E-state index contributed by atoms with van der Waals surface area (Å²) in [5.74, 6) is 0. The van der Waals surface area contributed by atoms with Gasteiger partial charge in [0, 0.05) is 19.3 Å². The van der Waals surface area contributed by atoms with E-state index >= 15 is 0 Å². The molecule has 0 bridgehead atoms. The third kappa shape index (κ3) is 5.58. The van der Waals surface area contributed by atoms with Gasteiger partial charge in [-0.05, 0) is 11.1 Å². The molecule has 0 saturated heterocycles. The molecule has 0 amide bonds. The standard InChI is InChI=1S/C10H16N2O4S2/c1-17(13,14)8-18(15,16)12-7-10-4-2-3-9(5-10)6-11/h2-5,12H,6-8,11H2,1H3. The molecule has 0 atom stereocenters. The first-order valence-electron chi connectivity index (χ1n) is 5.15. The zero-order chi connectivity index (χ0) is 13.8. The lowest BCUT2D eigenvalue weighted by Crippen LogP contribution is -2.29. The third-order valence-electron chi connectivity index (χ3n) is 2.09. The van der Waals surface area contributed by atoms with Gasteiger partial charge in [-0.25, -0.2) is 21.6 Å². The number of nitrogens with two attached hydrogens (primary N) is 1. The van der Waals surface area contributed by atoms with Crippen molar-refractivity contribution in [2.24, 2.45) is 5.73 Å². The lowest BCUT2D eigenvalue weighted by molar-refractivity contribution is 0.580. The SMILES string of the molecule is CS(=O)(=O)CS(=O)(=O)NCc1cccc(CN)c1. The Balaban J connectivity index is 2.70. The number of nitrogens with one attached hydrogen (secondary N) is 1. The molecule has 102 valence electrons. The first-order valence-corrected chi connectivity index (χ1v) is 8.86. The Morgan fingerprint density at radius 1 is 1.17 bits per heavy atom. The number of benzene rings is 1. The van der Waals surface area contributed by atoms with Crippen LogP contribution in [0, 0.1) is 0 Å². The summed E-state index contributed by atoms with van der Waals surface area (Å²) in [5, 5.41) is -0.906. The normalized spacial score (nSPS) is 12.6. The Hall–Kier alpha value is -0.960. The Labute approximate surface area is 107 Å². The Bertz CT molecular complexity index is 609. The molecular weight excluding hydrogens is 276 g/mol. The monoisotopic (exact) mass is 292 g/mol. The van der Waals surface area contributed by atoms with Gasteiger partial charge in [0.15, 0.2) is 14.9 Å². The molecule has 0 unspecified atom stereocenters. The Morgan fingerprint density at radius 3 is 2.33 bits per heavy atom. The van der Waals surface area contributed by atoms with Gasteiger partial charge in [0.1, 0.15) is 0 Å². The van der Waals surface area contributed by atoms with Crippen molar-refractivity contribution in [1.82, 2.24) is 4.72 Å². The molecule has 1 aromatic carbocycles. The van der Waals surface area contributed by atoms with Gasteiger partial charge in [-0.1, -0.05) is 24.3 Å². The average molecular weight is 292 g/mol. The number of hydrogen-bond acceptors (Lipinski definition) is 5. The van der Waals surface area contributed by atoms with Gasteiger partial charge < -0.3 is 5.73 Å². The molecule has 6 nitrogen and oxygen atoms in total. The van der Waals surface area contributed by atoms with Gasteiger partial charge in [-0.15, -0.1) is 0 Å². The van der Waals surface area contributed by atoms with Gasteiger partial charge in [0.2, 0.25) is 10.0 Å². The lowest BCUT2D eigenvalue weighted by atomic mass is 10.1. The second-order valence-electron chi connectivity index (χ2n) is 4.00. The molecule has 1 rings (SSSR count). The van der Waals surface area contributed by atoms with Crippen molar-refractivity contribution in [2.75, 3.05) is 11.3 Å². The molecular formula is C10H16N2O4S2. The molecule has 0 saturated carbocycles. The van der Waals surface area contributed by atoms with E-state index in [9.17, 15) is 16.8 Å². The van der Waals surface area contributed by atoms with E-state index in [-0.39, 0.29) is 6.54 Å². The van der Waals surface area contributed by atoms with Crippen LogP contribution in [0.2, 0.25) is 0 Å². The first kappa shape index (κ1) is 15.1. The molecule has 0 spiro atoms. The van der Waals surface area contributed by atoms with Crippen LogP contribution in [0.5, 0.6) is 0 Å². The van der Waals surface area contributed by atoms with E-state index in [1.165, 1.54) is 0 Å². The van der Waals surface area contributed by atoms with Crippen molar-refractivity contribution in [3.8, 4) is 0 Å². The van der Waals surface area contributed by atoms with Crippen LogP contribution in [-0.4, -0.2) is 28.2 Å². The van der Waals surface area contributed by atoms with Crippen molar-refractivity contribution in [2.45, 2.75) is 13.1 Å². The van der Waals surface area contributed by atoms with Crippen LogP contribution in [0.25, 0.3) is 0 Å². The first-order chi connectivity index (χ1) is 8.22. The molecule has 0 aliphatic carbocycles. The van der Waals surface area contributed by atoms with Gasteiger partial charge in [-0.2, -0.15) is 0 Å². The highest BCUT2D eigenvalue weighted by molar-refractivity contribution is 8.06. The highest BCUT2D eigenvalue weighted by Gasteiger charge is 2.17. The maximum atomic E-state index is 11.5. The van der Waals surface area contributed by atoms with E-state index < -0.39 is 24.9 Å². The summed E-state index contributed by atoms with van der Waals surface area (Å²) in [6.45, 7) is 0.412. The van der Waals surface area contributed by atoms with Crippen LogP contribution >= 0.6 is 0 Å². The van der Waals surface area contributed by atoms with Crippen molar-refractivity contribution >= 4 is 19.9 Å². The van der Waals surface area contributed by atoms with E-state index in [0.717, 1.165) is 17.4 Å². The Morgan fingerprint density at radius 2 is 1.78 bits per heavy atom. The van der Waals surface area contributed by atoms with Crippen LogP contribution in [0.1, 0.15) is 11.1 Å². The summed E-state index contributed by atoms with van der Waals surface area (Å²) in [5.41, 5.74) is 7.08. The summed E-state index contributed by atoms with van der Waals surface area (Å²) in [7, 11) is -7.40. The fourth-order valence-corrected chi connectivity index (χ4v) is 4.36. The molecule has 0 fully saturated rings. The minimum Gasteiger partial charge on any atom is -0.326 e. The van der Waals surface area contributed by atoms with E-state index in [4.69, 9.17) is 5.73 Å². The van der Waals surface area contributed by atoms with E-state index in [0.29, 0.717) is 6.54 Å². The maximum Gasteiger partial charge on any atom is 0.226 e. The second kappa shape index (κ2) is 5.79. The molecule has 3 N–H and O–H groups in total. The summed E-state index contributed by atoms with van der Waals surface area (Å²) >= 11 is 0. The minimum absolute atomic E-state index is 0.0473. The molecule has 0 aliphatic rings. The molecule has 0 aliphatic heterocycles. The van der Waals surface area contributed by atoms with Gasteiger partial charge in [-0.3, -0.25) is 0 Å². The second-order valence-corrected chi connectivity index (χ2v) is 8.32. The zero-order valence-electron chi connectivity index (χ0n) is 9.96. The van der Waals surface area contributed by atoms with Crippen LogP contribution < -0.4 is 10.5 Å². The zero-order valence-corrected chi connectivity index (χ0v) is 11.6. The molecule has 18 heavy (non-hydrogen) atoms. The van der Waals surface area contributed by atoms with Gasteiger partial charge >= 0.3 is 0 Å². The topological polar surface area (TPSA) is 106 Å². The molecule has 0 heterocycles. The summed E-state index contributed by atoms with van der Waals surface area (Å²) in [4.78, 5) is 0.